The average molecular weight is 344 g/mol. The fourth-order valence-corrected chi connectivity index (χ4v) is 3.25. The molecule has 0 aliphatic carbocycles. The van der Waals surface area contributed by atoms with E-state index in [9.17, 15) is 4.79 Å². The van der Waals surface area contributed by atoms with Gasteiger partial charge < -0.3 is 14.4 Å². The number of amides is 1. The van der Waals surface area contributed by atoms with Crippen LogP contribution in [0.2, 0.25) is 0 Å². The van der Waals surface area contributed by atoms with Crippen LogP contribution in [0, 0.1) is 0 Å². The van der Waals surface area contributed by atoms with Crippen LogP contribution in [-0.4, -0.2) is 59.4 Å². The monoisotopic (exact) mass is 344 g/mol. The molecule has 1 aliphatic heterocycles. The maximum atomic E-state index is 12.5. The molecule has 134 valence electrons. The van der Waals surface area contributed by atoms with Gasteiger partial charge in [-0.15, -0.1) is 0 Å². The van der Waals surface area contributed by atoms with Crippen LogP contribution < -0.4 is 4.74 Å². The van der Waals surface area contributed by atoms with E-state index < -0.39 is 0 Å². The first-order valence-electron chi connectivity index (χ1n) is 8.51. The van der Waals surface area contributed by atoms with Crippen LogP contribution in [0.4, 0.5) is 0 Å². The highest BCUT2D eigenvalue weighted by Gasteiger charge is 2.33. The maximum absolute atomic E-state index is 12.5. The standard InChI is InChI=1S/C18H24N4O3/c1-22(11-16-14(9-10-25-16)18-19-12-20-21-18)17(23)8-7-13-5-3-4-6-15(13)24-2/h3-6,12,14,16H,7-11H2,1-2H3,(H,19,20,21)/t14-,16-/m1/s1. The molecule has 1 aliphatic rings. The molecule has 1 aromatic heterocycles. The SMILES string of the molecule is COc1ccccc1CCC(=O)N(C)C[C@H]1OCC[C@H]1c1ncn[nH]1. The molecule has 0 saturated carbocycles. The predicted octanol–water partition coefficient (Wildman–Crippen LogP) is 1.78. The van der Waals surface area contributed by atoms with Gasteiger partial charge in [-0.25, -0.2) is 4.98 Å². The second kappa shape index (κ2) is 8.11. The van der Waals surface area contributed by atoms with E-state index in [0.717, 1.165) is 23.6 Å². The van der Waals surface area contributed by atoms with Crippen molar-refractivity contribution < 1.29 is 14.3 Å². The molecule has 0 radical (unpaired) electrons. The number of benzene rings is 1. The molecule has 1 N–H and O–H groups in total. The van der Waals surface area contributed by atoms with Crippen molar-refractivity contribution in [3.63, 3.8) is 0 Å². The number of nitrogens with zero attached hydrogens (tertiary/aromatic N) is 3. The van der Waals surface area contributed by atoms with E-state index in [1.54, 1.807) is 12.0 Å². The fourth-order valence-electron chi connectivity index (χ4n) is 3.25. The van der Waals surface area contributed by atoms with Gasteiger partial charge in [0.05, 0.1) is 13.2 Å². The smallest absolute Gasteiger partial charge is 0.222 e. The number of aromatic amines is 1. The number of aryl methyl sites for hydroxylation is 1. The topological polar surface area (TPSA) is 80.3 Å². The summed E-state index contributed by atoms with van der Waals surface area (Å²) in [4.78, 5) is 18.5. The van der Waals surface area contributed by atoms with Crippen LogP contribution in [0.3, 0.4) is 0 Å². The second-order valence-electron chi connectivity index (χ2n) is 6.26. The van der Waals surface area contributed by atoms with Gasteiger partial charge in [0.25, 0.3) is 0 Å². The highest BCUT2D eigenvalue weighted by molar-refractivity contribution is 5.76. The second-order valence-corrected chi connectivity index (χ2v) is 6.26. The molecule has 2 heterocycles. The third-order valence-electron chi connectivity index (χ3n) is 4.67. The summed E-state index contributed by atoms with van der Waals surface area (Å²) in [5.41, 5.74) is 1.04. The summed E-state index contributed by atoms with van der Waals surface area (Å²) in [5.74, 6) is 1.91. The number of H-pyrrole nitrogens is 1. The van der Waals surface area contributed by atoms with Gasteiger partial charge in [-0.05, 0) is 24.5 Å². The van der Waals surface area contributed by atoms with Gasteiger partial charge in [0, 0.05) is 32.5 Å². The molecule has 3 rings (SSSR count). The number of methoxy groups -OCH3 is 1. The summed E-state index contributed by atoms with van der Waals surface area (Å²) in [6.07, 6.45) is 3.45. The summed E-state index contributed by atoms with van der Waals surface area (Å²) in [5, 5.41) is 6.82. The van der Waals surface area contributed by atoms with E-state index in [1.807, 2.05) is 31.3 Å². The molecule has 0 unspecified atom stereocenters. The Labute approximate surface area is 147 Å². The van der Waals surface area contributed by atoms with Crippen LogP contribution in [0.1, 0.15) is 30.1 Å². The Hall–Kier alpha value is -2.41. The van der Waals surface area contributed by atoms with Gasteiger partial charge in [0.2, 0.25) is 5.91 Å². The quantitative estimate of drug-likeness (QED) is 0.828. The Balaban J connectivity index is 1.54. The lowest BCUT2D eigenvalue weighted by Gasteiger charge is -2.24. The third-order valence-corrected chi connectivity index (χ3v) is 4.67. The van der Waals surface area contributed by atoms with Crippen LogP contribution >= 0.6 is 0 Å². The maximum Gasteiger partial charge on any atom is 0.222 e. The fraction of sp³-hybridized carbons (Fsp3) is 0.500. The van der Waals surface area contributed by atoms with Crippen molar-refractivity contribution in [1.29, 1.82) is 0 Å². The van der Waals surface area contributed by atoms with E-state index in [2.05, 4.69) is 15.2 Å². The zero-order valence-corrected chi connectivity index (χ0v) is 14.6. The van der Waals surface area contributed by atoms with Crippen molar-refractivity contribution in [3.05, 3.63) is 42.0 Å². The Morgan fingerprint density at radius 3 is 3.04 bits per heavy atom. The third kappa shape index (κ3) is 4.17. The van der Waals surface area contributed by atoms with Crippen molar-refractivity contribution in [2.45, 2.75) is 31.3 Å². The Morgan fingerprint density at radius 1 is 1.44 bits per heavy atom. The lowest BCUT2D eigenvalue weighted by molar-refractivity contribution is -0.131. The van der Waals surface area contributed by atoms with Crippen molar-refractivity contribution in [2.75, 3.05) is 27.3 Å². The number of aromatic nitrogens is 3. The van der Waals surface area contributed by atoms with Crippen LogP contribution in [-0.2, 0) is 16.0 Å². The predicted molar refractivity (Wildman–Crippen MR) is 92.4 cm³/mol. The molecule has 2 aromatic rings. The molecule has 1 aromatic carbocycles. The van der Waals surface area contributed by atoms with Crippen molar-refractivity contribution >= 4 is 5.91 Å². The van der Waals surface area contributed by atoms with Crippen molar-refractivity contribution in [2.24, 2.45) is 0 Å². The largest absolute Gasteiger partial charge is 0.496 e. The van der Waals surface area contributed by atoms with E-state index in [1.165, 1.54) is 6.33 Å². The summed E-state index contributed by atoms with van der Waals surface area (Å²) in [6.45, 7) is 1.23. The normalized spacial score (nSPS) is 19.8. The minimum absolute atomic E-state index is 0.0480. The summed E-state index contributed by atoms with van der Waals surface area (Å²) < 4.78 is 11.1. The first-order chi connectivity index (χ1) is 12.2. The van der Waals surface area contributed by atoms with Gasteiger partial charge in [-0.1, -0.05) is 18.2 Å². The van der Waals surface area contributed by atoms with Crippen molar-refractivity contribution in [1.82, 2.24) is 20.1 Å². The Kier molecular flexibility index (Phi) is 5.65. The molecular weight excluding hydrogens is 320 g/mol. The molecule has 0 bridgehead atoms. The van der Waals surface area contributed by atoms with Crippen molar-refractivity contribution in [3.8, 4) is 5.75 Å². The lowest BCUT2D eigenvalue weighted by atomic mass is 10.00. The minimum Gasteiger partial charge on any atom is -0.496 e. The molecule has 2 atom stereocenters. The summed E-state index contributed by atoms with van der Waals surface area (Å²) in [6, 6.07) is 7.79. The molecule has 1 amide bonds. The highest BCUT2D eigenvalue weighted by atomic mass is 16.5. The van der Waals surface area contributed by atoms with Gasteiger partial charge in [-0.3, -0.25) is 9.89 Å². The number of carbonyl (C=O) groups is 1. The number of carbonyl (C=O) groups excluding carboxylic acids is 1. The molecule has 7 heteroatoms. The number of hydrogen-bond acceptors (Lipinski definition) is 5. The van der Waals surface area contributed by atoms with Gasteiger partial charge >= 0.3 is 0 Å². The number of hydrogen-bond donors (Lipinski definition) is 1. The Morgan fingerprint density at radius 2 is 2.28 bits per heavy atom. The molecule has 0 spiro atoms. The zero-order chi connectivity index (χ0) is 17.6. The lowest BCUT2D eigenvalue weighted by Crippen LogP contribution is -2.36. The van der Waals surface area contributed by atoms with E-state index in [4.69, 9.17) is 9.47 Å². The van der Waals surface area contributed by atoms with Crippen LogP contribution in [0.25, 0.3) is 0 Å². The van der Waals surface area contributed by atoms with Gasteiger partial charge in [0.1, 0.15) is 17.9 Å². The van der Waals surface area contributed by atoms with Crippen LogP contribution in [0.5, 0.6) is 5.75 Å². The van der Waals surface area contributed by atoms with Gasteiger partial charge in [0.15, 0.2) is 0 Å². The van der Waals surface area contributed by atoms with E-state index in [-0.39, 0.29) is 17.9 Å². The summed E-state index contributed by atoms with van der Waals surface area (Å²) in [7, 11) is 3.47. The summed E-state index contributed by atoms with van der Waals surface area (Å²) >= 11 is 0. The molecule has 1 saturated heterocycles. The first-order valence-corrected chi connectivity index (χ1v) is 8.51. The van der Waals surface area contributed by atoms with E-state index >= 15 is 0 Å². The number of rotatable bonds is 7. The Bertz CT molecular complexity index is 689. The number of ether oxygens (including phenoxy) is 2. The number of likely N-dealkylation sites (N-methyl/N-ethyl adjacent to an activating group) is 1. The van der Waals surface area contributed by atoms with E-state index in [0.29, 0.717) is 26.0 Å². The molecule has 25 heavy (non-hydrogen) atoms. The van der Waals surface area contributed by atoms with Gasteiger partial charge in [-0.2, -0.15) is 5.10 Å². The number of para-hydroxylation sites is 1. The van der Waals surface area contributed by atoms with Crippen LogP contribution in [0.15, 0.2) is 30.6 Å². The first kappa shape index (κ1) is 17.4. The average Bonchev–Trinajstić information content (AvgIpc) is 3.31. The zero-order valence-electron chi connectivity index (χ0n) is 14.6. The highest BCUT2D eigenvalue weighted by Crippen LogP contribution is 2.29. The molecule has 1 fully saturated rings. The number of nitrogens with one attached hydrogen (secondary N) is 1. The molecular formula is C18H24N4O3. The molecule has 7 nitrogen and oxygen atoms in total. The minimum atomic E-state index is -0.0480.